The number of carboxylic acid groups (broad SMARTS) is 1. The Hall–Kier alpha value is -1.22. The monoisotopic (exact) mass is 208 g/mol. The van der Waals surface area contributed by atoms with E-state index in [1.165, 1.54) is 0 Å². The maximum absolute atomic E-state index is 10.8. The average molecular weight is 208 g/mol. The molecule has 1 aromatic carbocycles. The lowest BCUT2D eigenvalue weighted by Gasteiger charge is -2.03. The lowest BCUT2D eigenvalue weighted by molar-refractivity contribution is 0.0696. The molecule has 0 heterocycles. The number of carbonyl (C=O) groups is 1. The molecule has 1 N–H and O–H groups in total. The lowest BCUT2D eigenvalue weighted by Crippen LogP contribution is -2.00. The van der Waals surface area contributed by atoms with Crippen LogP contribution in [0.3, 0.4) is 0 Å². The Labute approximate surface area is 88.7 Å². The fourth-order valence-corrected chi connectivity index (χ4v) is 1.35. The van der Waals surface area contributed by atoms with Crippen molar-refractivity contribution in [3.63, 3.8) is 0 Å². The molecule has 0 radical (unpaired) electrons. The quantitative estimate of drug-likeness (QED) is 0.749. The van der Waals surface area contributed by atoms with Gasteiger partial charge < -0.3 is 5.11 Å². The molecule has 1 rings (SSSR count). The first-order chi connectivity index (χ1) is 6.66. The molecule has 0 amide bonds. The van der Waals surface area contributed by atoms with Crippen LogP contribution in [0.15, 0.2) is 24.3 Å². The topological polar surface area (TPSA) is 37.3 Å². The normalized spacial score (nSPS) is 10.7. The summed E-state index contributed by atoms with van der Waals surface area (Å²) in [5.41, 5.74) is 2.07. The van der Waals surface area contributed by atoms with Gasteiger partial charge in [0.25, 0.3) is 0 Å². The first kappa shape index (κ1) is 10.9. The van der Waals surface area contributed by atoms with Crippen LogP contribution in [0.4, 0.5) is 0 Å². The van der Waals surface area contributed by atoms with Crippen molar-refractivity contribution in [2.24, 2.45) is 0 Å². The molecule has 14 heavy (non-hydrogen) atoms. The zero-order chi connectivity index (χ0) is 10.6. The number of thiol groups is 1. The molecule has 0 atom stereocenters. The number of hydrogen-bond donors (Lipinski definition) is 2. The second-order valence-electron chi connectivity index (χ2n) is 2.91. The Kier molecular flexibility index (Phi) is 3.77. The summed E-state index contributed by atoms with van der Waals surface area (Å²) >= 11 is 4.05. The van der Waals surface area contributed by atoms with Gasteiger partial charge in [0, 0.05) is 5.75 Å². The van der Waals surface area contributed by atoms with E-state index in [-0.39, 0.29) is 0 Å². The molecule has 0 unspecified atom stereocenters. The van der Waals surface area contributed by atoms with E-state index in [2.05, 4.69) is 12.6 Å². The summed E-state index contributed by atoms with van der Waals surface area (Å²) in [7, 11) is 0. The van der Waals surface area contributed by atoms with Gasteiger partial charge in [-0.1, -0.05) is 24.3 Å². The maximum atomic E-state index is 10.8. The lowest BCUT2D eigenvalue weighted by atomic mass is 10.0. The largest absolute Gasteiger partial charge is 0.478 e. The highest BCUT2D eigenvalue weighted by atomic mass is 32.1. The minimum atomic E-state index is -0.886. The molecule has 0 saturated heterocycles. The summed E-state index contributed by atoms with van der Waals surface area (Å²) in [5.74, 6) is -0.236. The smallest absolute Gasteiger partial charge is 0.335 e. The Morgan fingerprint density at radius 3 is 2.86 bits per heavy atom. The number of hydrogen-bond acceptors (Lipinski definition) is 2. The van der Waals surface area contributed by atoms with E-state index >= 15 is 0 Å². The van der Waals surface area contributed by atoms with Crippen molar-refractivity contribution in [3.05, 3.63) is 41.0 Å². The highest BCUT2D eigenvalue weighted by Crippen LogP contribution is 2.15. The molecule has 0 saturated carbocycles. The van der Waals surface area contributed by atoms with Gasteiger partial charge in [-0.15, -0.1) is 0 Å². The summed E-state index contributed by atoms with van der Waals surface area (Å²) < 4.78 is 0. The fraction of sp³-hybridized carbons (Fsp3) is 0.182. The molecule has 0 aromatic heterocycles. The summed E-state index contributed by atoms with van der Waals surface area (Å²) in [5, 5.41) is 8.88. The van der Waals surface area contributed by atoms with Gasteiger partial charge in [0.15, 0.2) is 0 Å². The van der Waals surface area contributed by atoms with E-state index in [4.69, 9.17) is 5.11 Å². The molecule has 0 fully saturated rings. The van der Waals surface area contributed by atoms with E-state index in [0.29, 0.717) is 11.3 Å². The van der Waals surface area contributed by atoms with Gasteiger partial charge in [0.1, 0.15) is 0 Å². The van der Waals surface area contributed by atoms with Crippen molar-refractivity contribution in [2.75, 3.05) is 5.75 Å². The van der Waals surface area contributed by atoms with E-state index in [1.807, 2.05) is 25.1 Å². The third-order valence-electron chi connectivity index (χ3n) is 2.01. The average Bonchev–Trinajstić information content (AvgIpc) is 2.16. The Balaban J connectivity index is 3.14. The second kappa shape index (κ2) is 4.86. The molecule has 3 heteroatoms. The Bertz CT molecular complexity index is 370. The molecule has 0 aliphatic rings. The van der Waals surface area contributed by atoms with Crippen LogP contribution in [0.25, 0.3) is 6.08 Å². The highest BCUT2D eigenvalue weighted by molar-refractivity contribution is 7.80. The van der Waals surface area contributed by atoms with Crippen LogP contribution in [-0.4, -0.2) is 16.8 Å². The summed E-state index contributed by atoms with van der Waals surface area (Å²) in [6.07, 6.45) is 3.77. The van der Waals surface area contributed by atoms with Crippen molar-refractivity contribution in [1.82, 2.24) is 0 Å². The van der Waals surface area contributed by atoms with Gasteiger partial charge in [-0.05, 0) is 24.1 Å². The van der Waals surface area contributed by atoms with E-state index in [9.17, 15) is 4.79 Å². The predicted octanol–water partition coefficient (Wildman–Crippen LogP) is 2.64. The van der Waals surface area contributed by atoms with Crippen molar-refractivity contribution in [2.45, 2.75) is 6.92 Å². The first-order valence-electron chi connectivity index (χ1n) is 4.27. The molecule has 1 aromatic rings. The zero-order valence-electron chi connectivity index (χ0n) is 7.90. The van der Waals surface area contributed by atoms with Crippen molar-refractivity contribution in [3.8, 4) is 0 Å². The van der Waals surface area contributed by atoms with Crippen molar-refractivity contribution < 1.29 is 9.90 Å². The van der Waals surface area contributed by atoms with E-state index in [0.717, 1.165) is 11.1 Å². The van der Waals surface area contributed by atoms with Gasteiger partial charge in [0.2, 0.25) is 0 Å². The van der Waals surface area contributed by atoms with Gasteiger partial charge in [-0.25, -0.2) is 4.79 Å². The molecule has 0 spiro atoms. The van der Waals surface area contributed by atoms with Crippen LogP contribution in [0.5, 0.6) is 0 Å². The number of aromatic carboxylic acids is 1. The number of carboxylic acids is 1. The summed E-state index contributed by atoms with van der Waals surface area (Å²) in [4.78, 5) is 10.8. The molecule has 0 aliphatic heterocycles. The van der Waals surface area contributed by atoms with Crippen LogP contribution in [0.2, 0.25) is 0 Å². The van der Waals surface area contributed by atoms with Crippen LogP contribution >= 0.6 is 12.6 Å². The third-order valence-corrected chi connectivity index (χ3v) is 2.22. The number of benzene rings is 1. The third kappa shape index (κ3) is 2.39. The van der Waals surface area contributed by atoms with Gasteiger partial charge in [-0.2, -0.15) is 12.6 Å². The van der Waals surface area contributed by atoms with Gasteiger partial charge in [-0.3, -0.25) is 0 Å². The predicted molar refractivity (Wildman–Crippen MR) is 61.0 cm³/mol. The summed E-state index contributed by atoms with van der Waals surface area (Å²) in [6, 6.07) is 5.24. The second-order valence-corrected chi connectivity index (χ2v) is 3.28. The SMILES string of the molecule is Cc1c(C=CCS)cccc1C(=O)O. The molecule has 2 nitrogen and oxygen atoms in total. The van der Waals surface area contributed by atoms with E-state index < -0.39 is 5.97 Å². The van der Waals surface area contributed by atoms with Crippen molar-refractivity contribution >= 4 is 24.7 Å². The molecule has 74 valence electrons. The van der Waals surface area contributed by atoms with Crippen LogP contribution < -0.4 is 0 Å². The van der Waals surface area contributed by atoms with Gasteiger partial charge >= 0.3 is 5.97 Å². The maximum Gasteiger partial charge on any atom is 0.335 e. The Morgan fingerprint density at radius 2 is 2.29 bits per heavy atom. The molecule has 0 bridgehead atoms. The van der Waals surface area contributed by atoms with Gasteiger partial charge in [0.05, 0.1) is 5.56 Å². The van der Waals surface area contributed by atoms with Crippen LogP contribution in [0.1, 0.15) is 21.5 Å². The minimum Gasteiger partial charge on any atom is -0.478 e. The minimum absolute atomic E-state index is 0.353. The molecule has 0 aliphatic carbocycles. The fourth-order valence-electron chi connectivity index (χ4n) is 1.25. The molecular weight excluding hydrogens is 196 g/mol. The summed E-state index contributed by atoms with van der Waals surface area (Å²) in [6.45, 7) is 1.81. The first-order valence-corrected chi connectivity index (χ1v) is 4.90. The molecular formula is C11H12O2S. The Morgan fingerprint density at radius 1 is 1.57 bits per heavy atom. The zero-order valence-corrected chi connectivity index (χ0v) is 8.79. The van der Waals surface area contributed by atoms with Crippen LogP contribution in [-0.2, 0) is 0 Å². The number of rotatable bonds is 3. The van der Waals surface area contributed by atoms with Crippen molar-refractivity contribution in [1.29, 1.82) is 0 Å². The highest BCUT2D eigenvalue weighted by Gasteiger charge is 2.07. The van der Waals surface area contributed by atoms with Crippen LogP contribution in [0, 0.1) is 6.92 Å². The standard InChI is InChI=1S/C11H12O2S/c1-8-9(5-3-7-14)4-2-6-10(8)11(12)13/h2-6,14H,7H2,1H3,(H,12,13). The van der Waals surface area contributed by atoms with E-state index in [1.54, 1.807) is 12.1 Å².